The molecular weight excluding hydrogens is 318 g/mol. The van der Waals surface area contributed by atoms with Gasteiger partial charge in [-0.05, 0) is 70.1 Å². The number of aliphatic imine (C=N–C) groups is 1. The molecule has 2 fully saturated rings. The topological polar surface area (TPSA) is 38.7 Å². The van der Waals surface area contributed by atoms with E-state index in [-0.39, 0.29) is 29.1 Å². The number of nitrogens with zero attached hydrogens (tertiary/aromatic N) is 1. The molecule has 2 aliphatic carbocycles. The molecule has 118 valence electrons. The van der Waals surface area contributed by atoms with Crippen molar-refractivity contribution in [1.29, 1.82) is 0 Å². The van der Waals surface area contributed by atoms with Crippen LogP contribution >= 0.6 is 0 Å². The summed E-state index contributed by atoms with van der Waals surface area (Å²) in [4.78, 5) is 15.7. The largest absolute Gasteiger partial charge is 2.00 e. The summed E-state index contributed by atoms with van der Waals surface area (Å²) in [7, 11) is 1.40. The van der Waals surface area contributed by atoms with E-state index in [1.807, 2.05) is 57.8 Å². The van der Waals surface area contributed by atoms with E-state index in [0.29, 0.717) is 12.3 Å². The van der Waals surface area contributed by atoms with Gasteiger partial charge in [0.15, 0.2) is 0 Å². The van der Waals surface area contributed by atoms with Crippen LogP contribution in [0.5, 0.6) is 0 Å². The number of carbonyl (C=O) groups excluding carboxylic acids is 1. The van der Waals surface area contributed by atoms with Crippen molar-refractivity contribution in [3.63, 3.8) is 0 Å². The monoisotopic (exact) mass is 341 g/mol. The van der Waals surface area contributed by atoms with Crippen molar-refractivity contribution in [2.45, 2.75) is 26.3 Å². The fourth-order valence-corrected chi connectivity index (χ4v) is 1.77. The second-order valence-electron chi connectivity index (χ2n) is 5.13. The van der Waals surface area contributed by atoms with E-state index in [1.165, 1.54) is 7.11 Å². The van der Waals surface area contributed by atoms with Crippen molar-refractivity contribution in [2.24, 2.45) is 10.9 Å². The normalized spacial score (nSPS) is 19.6. The minimum Gasteiger partial charge on any atom is -0.467 e. The molecule has 10 radical (unpaired) electrons. The fourth-order valence-electron chi connectivity index (χ4n) is 1.77. The second-order valence-corrected chi connectivity index (χ2v) is 5.13. The summed E-state index contributed by atoms with van der Waals surface area (Å²) in [5, 5.41) is 0. The van der Waals surface area contributed by atoms with E-state index in [9.17, 15) is 4.79 Å². The zero-order valence-corrected chi connectivity index (χ0v) is 14.4. The molecule has 0 bridgehead atoms. The van der Waals surface area contributed by atoms with Gasteiger partial charge in [-0.1, -0.05) is 13.8 Å². The van der Waals surface area contributed by atoms with Crippen molar-refractivity contribution in [3.05, 3.63) is 63.7 Å². The number of methoxy groups -OCH3 is 1. The molecular formula is C18H23FeNO2+2. The number of ether oxygens (including phenoxy) is 1. The molecule has 0 saturated heterocycles. The van der Waals surface area contributed by atoms with Crippen LogP contribution in [0.15, 0.2) is 4.99 Å². The van der Waals surface area contributed by atoms with Gasteiger partial charge < -0.3 is 4.74 Å². The van der Waals surface area contributed by atoms with Gasteiger partial charge in [-0.3, -0.25) is 4.99 Å². The Balaban J connectivity index is 0.000000622. The fraction of sp³-hybridized carbons (Fsp3) is 0.333. The molecule has 0 aliphatic heterocycles. The Morgan fingerprint density at radius 1 is 1.09 bits per heavy atom. The molecule has 2 rings (SSSR count). The molecule has 22 heavy (non-hydrogen) atoms. The summed E-state index contributed by atoms with van der Waals surface area (Å²) >= 11 is 0. The molecule has 2 saturated carbocycles. The first kappa shape index (κ1) is 21.7. The standard InChI is InChI=1S/C13H18NO2.C5H5.Fe/c1-10(2)8-12(13(15)16-3)14-9-11-6-4-5-7-11;1-2-4-5-3-1;/h4-7,9-10,12H,8H2,1-3H3;1-5H;/q;;+2. The van der Waals surface area contributed by atoms with Gasteiger partial charge in [0, 0.05) is 12.1 Å². The molecule has 2 aliphatic rings. The maximum Gasteiger partial charge on any atom is 2.00 e. The third-order valence-corrected chi connectivity index (χ3v) is 2.82. The van der Waals surface area contributed by atoms with Gasteiger partial charge in [0.2, 0.25) is 0 Å². The molecule has 0 amide bonds. The second kappa shape index (κ2) is 13.1. The summed E-state index contributed by atoms with van der Waals surface area (Å²) in [6.07, 6.45) is 20.2. The predicted octanol–water partition coefficient (Wildman–Crippen LogP) is 3.07. The van der Waals surface area contributed by atoms with Gasteiger partial charge in [0.05, 0.1) is 7.11 Å². The molecule has 3 nitrogen and oxygen atoms in total. The van der Waals surface area contributed by atoms with E-state index < -0.39 is 0 Å². The van der Waals surface area contributed by atoms with Crippen molar-refractivity contribution in [2.75, 3.05) is 7.11 Å². The average molecular weight is 341 g/mol. The van der Waals surface area contributed by atoms with E-state index in [1.54, 1.807) is 6.21 Å². The Hall–Kier alpha value is -0.341. The van der Waals surface area contributed by atoms with E-state index >= 15 is 0 Å². The van der Waals surface area contributed by atoms with Crippen LogP contribution in [0, 0.1) is 69.6 Å². The van der Waals surface area contributed by atoms with Gasteiger partial charge in [-0.15, -0.1) is 0 Å². The Morgan fingerprint density at radius 2 is 1.59 bits per heavy atom. The molecule has 0 aromatic rings. The van der Waals surface area contributed by atoms with Gasteiger partial charge in [0.25, 0.3) is 0 Å². The van der Waals surface area contributed by atoms with E-state index in [2.05, 4.69) is 18.8 Å². The van der Waals surface area contributed by atoms with Crippen molar-refractivity contribution in [1.82, 2.24) is 0 Å². The number of carbonyl (C=O) groups is 1. The summed E-state index contributed by atoms with van der Waals surface area (Å²) in [6, 6.07) is -0.389. The first-order valence-electron chi connectivity index (χ1n) is 7.13. The average Bonchev–Trinajstić information content (AvgIpc) is 3.16. The Labute approximate surface area is 147 Å². The zero-order chi connectivity index (χ0) is 15.5. The van der Waals surface area contributed by atoms with Crippen molar-refractivity contribution < 1.29 is 26.6 Å². The van der Waals surface area contributed by atoms with Crippen LogP contribution in [0.25, 0.3) is 0 Å². The Morgan fingerprint density at radius 3 is 2.00 bits per heavy atom. The molecule has 0 heterocycles. The smallest absolute Gasteiger partial charge is 0.467 e. The van der Waals surface area contributed by atoms with Crippen LogP contribution in [-0.4, -0.2) is 25.3 Å². The SMILES string of the molecule is COC(=O)C(CC(C)C)N=C[C]1[CH][CH][CH][CH]1.[CH]1[CH][CH][CH][CH]1.[Fe+2]. The number of hydrogen-bond acceptors (Lipinski definition) is 3. The van der Waals surface area contributed by atoms with Crippen LogP contribution in [0.1, 0.15) is 20.3 Å². The van der Waals surface area contributed by atoms with Gasteiger partial charge >= 0.3 is 23.0 Å². The first-order valence-corrected chi connectivity index (χ1v) is 7.13. The zero-order valence-electron chi connectivity index (χ0n) is 13.3. The molecule has 0 aromatic heterocycles. The number of esters is 1. The maximum atomic E-state index is 11.5. The summed E-state index contributed by atoms with van der Waals surface area (Å²) in [5.74, 6) is 1.16. The summed E-state index contributed by atoms with van der Waals surface area (Å²) in [6.45, 7) is 4.13. The number of hydrogen-bond donors (Lipinski definition) is 0. The first-order chi connectivity index (χ1) is 10.1. The quantitative estimate of drug-likeness (QED) is 0.438. The Bertz CT molecular complexity index is 301. The maximum absolute atomic E-state index is 11.5. The molecule has 1 atom stereocenters. The van der Waals surface area contributed by atoms with Gasteiger partial charge in [0.1, 0.15) is 6.04 Å². The predicted molar refractivity (Wildman–Crippen MR) is 85.7 cm³/mol. The van der Waals surface area contributed by atoms with Crippen LogP contribution < -0.4 is 0 Å². The van der Waals surface area contributed by atoms with E-state index in [0.717, 1.165) is 5.92 Å². The Kier molecular flexibility index (Phi) is 12.9. The van der Waals surface area contributed by atoms with Gasteiger partial charge in [-0.25, -0.2) is 4.79 Å². The van der Waals surface area contributed by atoms with Crippen LogP contribution in [0.4, 0.5) is 0 Å². The molecule has 4 heteroatoms. The van der Waals surface area contributed by atoms with Crippen molar-refractivity contribution in [3.8, 4) is 0 Å². The minimum atomic E-state index is -0.389. The van der Waals surface area contributed by atoms with Crippen LogP contribution in [0.2, 0.25) is 0 Å². The van der Waals surface area contributed by atoms with Crippen molar-refractivity contribution >= 4 is 12.2 Å². The molecule has 1 unspecified atom stereocenters. The molecule has 0 spiro atoms. The third-order valence-electron chi connectivity index (χ3n) is 2.82. The van der Waals surface area contributed by atoms with Crippen LogP contribution in [-0.2, 0) is 26.6 Å². The van der Waals surface area contributed by atoms with Gasteiger partial charge in [-0.2, -0.15) is 0 Å². The third kappa shape index (κ3) is 9.63. The minimum absolute atomic E-state index is 0. The summed E-state index contributed by atoms with van der Waals surface area (Å²) < 4.78 is 4.73. The number of rotatable bonds is 5. The van der Waals surface area contributed by atoms with E-state index in [4.69, 9.17) is 4.74 Å². The molecule has 0 N–H and O–H groups in total. The molecule has 0 aromatic carbocycles. The summed E-state index contributed by atoms with van der Waals surface area (Å²) in [5.41, 5.74) is 0. The van der Waals surface area contributed by atoms with Crippen LogP contribution in [0.3, 0.4) is 0 Å².